The van der Waals surface area contributed by atoms with Crippen molar-refractivity contribution in [2.45, 2.75) is 26.5 Å². The fraction of sp³-hybridized carbons (Fsp3) is 0.286. The van der Waals surface area contributed by atoms with Crippen molar-refractivity contribution in [3.05, 3.63) is 76.9 Å². The summed E-state index contributed by atoms with van der Waals surface area (Å²) in [5.41, 5.74) is 6.13. The summed E-state index contributed by atoms with van der Waals surface area (Å²) < 4.78 is 5.39. The lowest BCUT2D eigenvalue weighted by Crippen LogP contribution is -2.35. The minimum absolute atomic E-state index is 0.168. The fourth-order valence-electron chi connectivity index (χ4n) is 3.24. The molecule has 0 radical (unpaired) electrons. The van der Waals surface area contributed by atoms with Crippen LogP contribution < -0.4 is 0 Å². The zero-order chi connectivity index (χ0) is 16.9. The monoisotopic (exact) mass is 321 g/mol. The average Bonchev–Trinajstić information content (AvgIpc) is 2.59. The Morgan fingerprint density at radius 2 is 2.08 bits per heavy atom. The van der Waals surface area contributed by atoms with Crippen molar-refractivity contribution in [2.75, 3.05) is 13.1 Å². The van der Waals surface area contributed by atoms with Gasteiger partial charge in [-0.05, 0) is 35.6 Å². The number of nitrogens with zero attached hydrogens (tertiary/aromatic N) is 1. The first kappa shape index (κ1) is 16.5. The van der Waals surface area contributed by atoms with Gasteiger partial charge >= 0.3 is 5.97 Å². The molecule has 0 fully saturated rings. The molecule has 0 amide bonds. The Bertz CT molecular complexity index is 737. The van der Waals surface area contributed by atoms with E-state index in [-0.39, 0.29) is 5.97 Å². The number of carbonyl (C=O) groups excluding carboxylic acids is 1. The van der Waals surface area contributed by atoms with Gasteiger partial charge in [0.1, 0.15) is 6.61 Å². The summed E-state index contributed by atoms with van der Waals surface area (Å²) in [5, 5.41) is 0. The number of benzene rings is 2. The second-order valence-corrected chi connectivity index (χ2v) is 6.30. The van der Waals surface area contributed by atoms with Crippen LogP contribution in [0.25, 0.3) is 6.08 Å². The van der Waals surface area contributed by atoms with Gasteiger partial charge in [-0.25, -0.2) is 0 Å². The largest absolute Gasteiger partial charge is 0.460 e. The maximum Gasteiger partial charge on any atom is 0.320 e. The van der Waals surface area contributed by atoms with E-state index in [2.05, 4.69) is 30.5 Å². The number of hydrogen-bond donors (Lipinski definition) is 0. The molecule has 24 heavy (non-hydrogen) atoms. The predicted molar refractivity (Wildman–Crippen MR) is 96.5 cm³/mol. The fourth-order valence-corrected chi connectivity index (χ4v) is 3.24. The first-order chi connectivity index (χ1) is 11.7. The molecule has 0 aromatic heterocycles. The van der Waals surface area contributed by atoms with Crippen molar-refractivity contribution in [1.82, 2.24) is 4.90 Å². The summed E-state index contributed by atoms with van der Waals surface area (Å²) in [4.78, 5) is 14.3. The highest BCUT2D eigenvalue weighted by molar-refractivity contribution is 5.71. The Morgan fingerprint density at radius 1 is 1.29 bits per heavy atom. The number of carbonyl (C=O) groups is 1. The third kappa shape index (κ3) is 3.92. The number of hydrogen-bond acceptors (Lipinski definition) is 3. The molecule has 124 valence electrons. The maximum absolute atomic E-state index is 12.1. The first-order valence-corrected chi connectivity index (χ1v) is 8.32. The number of esters is 1. The molecule has 0 N–H and O–H groups in total. The highest BCUT2D eigenvalue weighted by Crippen LogP contribution is 2.25. The average molecular weight is 321 g/mol. The van der Waals surface area contributed by atoms with E-state index >= 15 is 0 Å². The van der Waals surface area contributed by atoms with Crippen LogP contribution >= 0.6 is 0 Å². The van der Waals surface area contributed by atoms with Gasteiger partial charge in [-0.3, -0.25) is 9.69 Å². The molecular formula is C21H23NO2. The molecule has 0 saturated heterocycles. The van der Waals surface area contributed by atoms with E-state index in [1.807, 2.05) is 36.4 Å². The third-order valence-corrected chi connectivity index (χ3v) is 4.41. The zero-order valence-corrected chi connectivity index (χ0v) is 14.1. The molecule has 2 aromatic rings. The van der Waals surface area contributed by atoms with E-state index in [9.17, 15) is 4.79 Å². The van der Waals surface area contributed by atoms with Crippen LogP contribution in [0.1, 0.15) is 27.8 Å². The Kier molecular flexibility index (Phi) is 5.11. The lowest BCUT2D eigenvalue weighted by atomic mass is 9.92. The summed E-state index contributed by atoms with van der Waals surface area (Å²) in [6, 6.07) is 14.2. The Morgan fingerprint density at radius 3 is 2.83 bits per heavy atom. The SMILES string of the molecule is C=Cc1cc(C)cc2c1CCN(CC(=O)OCc1ccccc1)C2. The van der Waals surface area contributed by atoms with Crippen molar-refractivity contribution in [2.24, 2.45) is 0 Å². The summed E-state index contributed by atoms with van der Waals surface area (Å²) in [6.45, 7) is 8.35. The van der Waals surface area contributed by atoms with Crippen LogP contribution in [0.5, 0.6) is 0 Å². The lowest BCUT2D eigenvalue weighted by molar-refractivity contribution is -0.146. The van der Waals surface area contributed by atoms with Gasteiger partial charge in [-0.15, -0.1) is 0 Å². The number of fused-ring (bicyclic) bond motifs is 1. The van der Waals surface area contributed by atoms with E-state index in [1.54, 1.807) is 0 Å². The van der Waals surface area contributed by atoms with Crippen LogP contribution in [0.2, 0.25) is 0 Å². The van der Waals surface area contributed by atoms with Crippen molar-refractivity contribution in [3.8, 4) is 0 Å². The molecule has 3 heteroatoms. The van der Waals surface area contributed by atoms with Gasteiger partial charge in [0.25, 0.3) is 0 Å². The zero-order valence-electron chi connectivity index (χ0n) is 14.1. The first-order valence-electron chi connectivity index (χ1n) is 8.32. The van der Waals surface area contributed by atoms with E-state index in [0.29, 0.717) is 13.2 Å². The third-order valence-electron chi connectivity index (χ3n) is 4.41. The van der Waals surface area contributed by atoms with Crippen LogP contribution in [0, 0.1) is 6.92 Å². The quantitative estimate of drug-likeness (QED) is 0.786. The smallest absolute Gasteiger partial charge is 0.320 e. The molecule has 3 rings (SSSR count). The molecule has 0 spiro atoms. The van der Waals surface area contributed by atoms with E-state index in [1.165, 1.54) is 22.3 Å². The summed E-state index contributed by atoms with van der Waals surface area (Å²) in [6.07, 6.45) is 2.87. The summed E-state index contributed by atoms with van der Waals surface area (Å²) in [5.74, 6) is -0.168. The normalized spacial score (nSPS) is 14.0. The summed E-state index contributed by atoms with van der Waals surface area (Å²) in [7, 11) is 0. The predicted octanol–water partition coefficient (Wildman–Crippen LogP) is 3.74. The van der Waals surface area contributed by atoms with Gasteiger partial charge in [0, 0.05) is 13.1 Å². The lowest BCUT2D eigenvalue weighted by Gasteiger charge is -2.29. The minimum atomic E-state index is -0.168. The molecule has 0 aliphatic carbocycles. The number of ether oxygens (including phenoxy) is 1. The van der Waals surface area contributed by atoms with Crippen LogP contribution in [0.4, 0.5) is 0 Å². The molecule has 1 aliphatic heterocycles. The molecule has 3 nitrogen and oxygen atoms in total. The van der Waals surface area contributed by atoms with Gasteiger partial charge < -0.3 is 4.74 Å². The van der Waals surface area contributed by atoms with Crippen molar-refractivity contribution >= 4 is 12.0 Å². The number of rotatable bonds is 5. The second-order valence-electron chi connectivity index (χ2n) is 6.30. The van der Waals surface area contributed by atoms with Gasteiger partial charge in [0.15, 0.2) is 0 Å². The van der Waals surface area contributed by atoms with Crippen LogP contribution in [0.15, 0.2) is 49.0 Å². The number of aryl methyl sites for hydroxylation is 1. The molecule has 0 bridgehead atoms. The van der Waals surface area contributed by atoms with Crippen molar-refractivity contribution in [3.63, 3.8) is 0 Å². The second kappa shape index (κ2) is 7.45. The molecule has 2 aromatic carbocycles. The molecule has 0 atom stereocenters. The van der Waals surface area contributed by atoms with Crippen molar-refractivity contribution < 1.29 is 9.53 Å². The Balaban J connectivity index is 1.58. The van der Waals surface area contributed by atoms with Crippen molar-refractivity contribution in [1.29, 1.82) is 0 Å². The molecule has 1 heterocycles. The standard InChI is InChI=1S/C21H23NO2/c1-3-18-11-16(2)12-19-13-22(10-9-20(18)19)14-21(23)24-15-17-7-5-4-6-8-17/h3-8,11-12H,1,9-10,13-15H2,2H3. The molecular weight excluding hydrogens is 298 g/mol. The Hall–Kier alpha value is -2.39. The van der Waals surface area contributed by atoms with Crippen LogP contribution in [-0.4, -0.2) is 24.0 Å². The van der Waals surface area contributed by atoms with E-state index in [4.69, 9.17) is 4.74 Å². The van der Waals surface area contributed by atoms with Crippen LogP contribution in [0.3, 0.4) is 0 Å². The van der Waals surface area contributed by atoms with Gasteiger partial charge in [0.05, 0.1) is 6.54 Å². The molecule has 1 aliphatic rings. The van der Waals surface area contributed by atoms with Gasteiger partial charge in [-0.1, -0.05) is 60.7 Å². The van der Waals surface area contributed by atoms with Gasteiger partial charge in [-0.2, -0.15) is 0 Å². The van der Waals surface area contributed by atoms with Crippen LogP contribution in [-0.2, 0) is 29.1 Å². The highest BCUT2D eigenvalue weighted by atomic mass is 16.5. The Labute approximate surface area is 143 Å². The highest BCUT2D eigenvalue weighted by Gasteiger charge is 2.20. The molecule has 0 saturated carbocycles. The minimum Gasteiger partial charge on any atom is -0.460 e. The van der Waals surface area contributed by atoms with E-state index < -0.39 is 0 Å². The maximum atomic E-state index is 12.1. The topological polar surface area (TPSA) is 29.5 Å². The molecule has 0 unspecified atom stereocenters. The van der Waals surface area contributed by atoms with E-state index in [0.717, 1.165) is 25.1 Å². The summed E-state index contributed by atoms with van der Waals surface area (Å²) >= 11 is 0. The van der Waals surface area contributed by atoms with Gasteiger partial charge in [0.2, 0.25) is 0 Å².